The minimum absolute atomic E-state index is 0.00544. The number of hydrogen-bond acceptors (Lipinski definition) is 4. The molecule has 1 unspecified atom stereocenters. The number of unbranched alkanes of at least 4 members (excludes halogenated alkanes) is 8. The molecule has 1 atom stereocenters. The topological polar surface area (TPSA) is 96.2 Å². The number of carbonyl (C=O) groups is 2. The number of ether oxygens (including phenoxy) is 1. The molecule has 0 saturated heterocycles. The van der Waals surface area contributed by atoms with Gasteiger partial charge in [-0.25, -0.2) is 4.99 Å². The van der Waals surface area contributed by atoms with Crippen LogP contribution in [-0.2, 0) is 14.3 Å². The first-order chi connectivity index (χ1) is 14.0. The van der Waals surface area contributed by atoms with Gasteiger partial charge >= 0.3 is 11.9 Å². The molecule has 0 amide bonds. The molecule has 0 aromatic carbocycles. The van der Waals surface area contributed by atoms with Gasteiger partial charge in [0.05, 0.1) is 39.1 Å². The zero-order valence-electron chi connectivity index (χ0n) is 18.2. The first-order valence-corrected chi connectivity index (χ1v) is 11.4. The maximum absolute atomic E-state index is 11.1. The quantitative estimate of drug-likeness (QED) is 0.245. The smallest absolute Gasteiger partial charge is 0.309 e. The third-order valence-electron chi connectivity index (χ3n) is 5.75. The molecule has 1 aliphatic rings. The Hall–Kier alpha value is -1.47. The summed E-state index contributed by atoms with van der Waals surface area (Å²) >= 11 is 0. The molecule has 0 radical (unpaired) electrons. The first-order valence-electron chi connectivity index (χ1n) is 11.4. The molecule has 2 N–H and O–H groups in total. The van der Waals surface area contributed by atoms with Crippen molar-refractivity contribution in [2.24, 2.45) is 4.99 Å². The van der Waals surface area contributed by atoms with Crippen LogP contribution < -0.4 is 0 Å². The summed E-state index contributed by atoms with van der Waals surface area (Å²) < 4.78 is 6.08. The number of carboxylic acids is 2. The Labute approximate surface area is 175 Å². The van der Waals surface area contributed by atoms with Crippen molar-refractivity contribution in [1.82, 2.24) is 0 Å². The molecule has 0 fully saturated rings. The molecule has 0 spiro atoms. The maximum Gasteiger partial charge on any atom is 0.309 e. The summed E-state index contributed by atoms with van der Waals surface area (Å²) in [6.07, 6.45) is 12.5. The van der Waals surface area contributed by atoms with E-state index in [0.717, 1.165) is 31.8 Å². The number of carboxylic acid groups (broad SMARTS) is 2. The molecule has 29 heavy (non-hydrogen) atoms. The van der Waals surface area contributed by atoms with Gasteiger partial charge in [-0.3, -0.25) is 14.1 Å². The van der Waals surface area contributed by atoms with E-state index in [1.54, 1.807) is 0 Å². The molecule has 1 rings (SSSR count). The molecule has 168 valence electrons. The molecule has 7 heteroatoms. The number of nitrogens with zero attached hydrogens (tertiary/aromatic N) is 2. The van der Waals surface area contributed by atoms with Gasteiger partial charge in [-0.2, -0.15) is 0 Å². The highest BCUT2D eigenvalue weighted by Crippen LogP contribution is 2.21. The predicted octanol–water partition coefficient (Wildman–Crippen LogP) is 4.10. The van der Waals surface area contributed by atoms with Crippen molar-refractivity contribution in [3.05, 3.63) is 0 Å². The highest BCUT2D eigenvalue weighted by atomic mass is 16.5. The van der Waals surface area contributed by atoms with Crippen LogP contribution >= 0.6 is 0 Å². The van der Waals surface area contributed by atoms with Crippen LogP contribution in [0.15, 0.2) is 4.99 Å². The van der Waals surface area contributed by atoms with Crippen molar-refractivity contribution in [3.8, 4) is 0 Å². The van der Waals surface area contributed by atoms with E-state index in [4.69, 9.17) is 19.9 Å². The molecule has 7 nitrogen and oxygen atoms in total. The third kappa shape index (κ3) is 11.3. The van der Waals surface area contributed by atoms with E-state index in [0.29, 0.717) is 24.2 Å². The Morgan fingerprint density at radius 1 is 0.897 bits per heavy atom. The van der Waals surface area contributed by atoms with E-state index in [1.807, 2.05) is 0 Å². The molecular weight excluding hydrogens is 372 g/mol. The second-order valence-corrected chi connectivity index (χ2v) is 8.09. The van der Waals surface area contributed by atoms with Gasteiger partial charge < -0.3 is 14.9 Å². The predicted molar refractivity (Wildman–Crippen MR) is 114 cm³/mol. The van der Waals surface area contributed by atoms with Gasteiger partial charge in [0.15, 0.2) is 5.84 Å². The van der Waals surface area contributed by atoms with Crippen molar-refractivity contribution >= 4 is 17.8 Å². The lowest BCUT2D eigenvalue weighted by molar-refractivity contribution is -0.836. The van der Waals surface area contributed by atoms with Crippen LogP contribution in [0.4, 0.5) is 0 Å². The second kappa shape index (κ2) is 15.4. The van der Waals surface area contributed by atoms with E-state index >= 15 is 0 Å². The van der Waals surface area contributed by atoms with Crippen molar-refractivity contribution in [1.29, 1.82) is 0 Å². The lowest BCUT2D eigenvalue weighted by atomic mass is 10.1. The molecule has 0 aliphatic carbocycles. The van der Waals surface area contributed by atoms with E-state index < -0.39 is 11.9 Å². The summed E-state index contributed by atoms with van der Waals surface area (Å²) in [6, 6.07) is 0. The van der Waals surface area contributed by atoms with Crippen LogP contribution in [0.5, 0.6) is 0 Å². The standard InChI is InChI=1S/C22H40N2O5/c1-2-3-4-5-6-7-8-9-10-11-20-23-14-16-24(20,15-12-21(25)26)17-19-29-18-13-22(27)28/h2-19H2,1H3,(H-,25,26,27,28)/p+1. The van der Waals surface area contributed by atoms with Crippen LogP contribution in [0.3, 0.4) is 0 Å². The van der Waals surface area contributed by atoms with Gasteiger partial charge in [0.2, 0.25) is 0 Å². The average Bonchev–Trinajstić information content (AvgIpc) is 3.07. The second-order valence-electron chi connectivity index (χ2n) is 8.09. The summed E-state index contributed by atoms with van der Waals surface area (Å²) in [4.78, 5) is 26.4. The SMILES string of the molecule is CCCCCCCCCCCC1=NCC[N+]1(CCOCCC(=O)O)CCC(=O)O. The first kappa shape index (κ1) is 25.6. The lowest BCUT2D eigenvalue weighted by Gasteiger charge is -2.34. The average molecular weight is 414 g/mol. The largest absolute Gasteiger partial charge is 0.481 e. The van der Waals surface area contributed by atoms with Crippen LogP contribution in [0.25, 0.3) is 0 Å². The summed E-state index contributed by atoms with van der Waals surface area (Å²) in [5.74, 6) is -0.548. The Morgan fingerprint density at radius 3 is 2.14 bits per heavy atom. The fourth-order valence-corrected chi connectivity index (χ4v) is 3.96. The molecule has 1 heterocycles. The van der Waals surface area contributed by atoms with Crippen molar-refractivity contribution in [2.75, 3.05) is 39.4 Å². The fraction of sp³-hybridized carbons (Fsp3) is 0.864. The monoisotopic (exact) mass is 413 g/mol. The highest BCUT2D eigenvalue weighted by molar-refractivity contribution is 5.77. The minimum Gasteiger partial charge on any atom is -0.481 e. The number of aliphatic carboxylic acids is 2. The van der Waals surface area contributed by atoms with Gasteiger partial charge in [-0.15, -0.1) is 0 Å². The number of quaternary nitrogens is 1. The van der Waals surface area contributed by atoms with Crippen molar-refractivity contribution in [2.45, 2.75) is 84.0 Å². The van der Waals surface area contributed by atoms with Gasteiger partial charge in [0.1, 0.15) is 13.1 Å². The van der Waals surface area contributed by atoms with Crippen molar-refractivity contribution in [3.63, 3.8) is 0 Å². The summed E-state index contributed by atoms with van der Waals surface area (Å²) in [5, 5.41) is 17.9. The van der Waals surface area contributed by atoms with Crippen LogP contribution in [-0.4, -0.2) is 71.9 Å². The van der Waals surface area contributed by atoms with E-state index in [9.17, 15) is 9.59 Å². The van der Waals surface area contributed by atoms with E-state index in [2.05, 4.69) is 6.92 Å². The van der Waals surface area contributed by atoms with Crippen LogP contribution in [0, 0.1) is 0 Å². The van der Waals surface area contributed by atoms with Crippen LogP contribution in [0.2, 0.25) is 0 Å². The van der Waals surface area contributed by atoms with Crippen molar-refractivity contribution < 1.29 is 29.0 Å². The Balaban J connectivity index is 2.37. The van der Waals surface area contributed by atoms with E-state index in [-0.39, 0.29) is 19.4 Å². The van der Waals surface area contributed by atoms with Crippen LogP contribution in [0.1, 0.15) is 84.0 Å². The minimum atomic E-state index is -0.867. The zero-order valence-corrected chi connectivity index (χ0v) is 18.2. The molecule has 0 saturated carbocycles. The normalized spacial score (nSPS) is 18.7. The fourth-order valence-electron chi connectivity index (χ4n) is 3.96. The van der Waals surface area contributed by atoms with E-state index in [1.165, 1.54) is 51.4 Å². The number of hydrogen-bond donors (Lipinski definition) is 2. The zero-order chi connectivity index (χ0) is 21.4. The summed E-state index contributed by atoms with van der Waals surface area (Å²) in [7, 11) is 0. The third-order valence-corrected chi connectivity index (χ3v) is 5.75. The maximum atomic E-state index is 11.1. The summed E-state index contributed by atoms with van der Waals surface area (Å²) in [5.41, 5.74) is 0. The number of amidine groups is 1. The Bertz CT molecular complexity index is 509. The molecule has 0 aromatic heterocycles. The van der Waals surface area contributed by atoms with Gasteiger partial charge in [-0.05, 0) is 6.42 Å². The Kier molecular flexibility index (Phi) is 13.6. The van der Waals surface area contributed by atoms with Gasteiger partial charge in [0, 0.05) is 6.42 Å². The van der Waals surface area contributed by atoms with Gasteiger partial charge in [0.25, 0.3) is 0 Å². The molecule has 0 aromatic rings. The number of aliphatic imine (C=N–C) groups is 1. The molecule has 0 bridgehead atoms. The summed E-state index contributed by atoms with van der Waals surface area (Å²) in [6.45, 7) is 5.63. The Morgan fingerprint density at radius 2 is 1.52 bits per heavy atom. The lowest BCUT2D eigenvalue weighted by Crippen LogP contribution is -2.53. The number of rotatable bonds is 19. The highest BCUT2D eigenvalue weighted by Gasteiger charge is 2.37. The van der Waals surface area contributed by atoms with Gasteiger partial charge in [-0.1, -0.05) is 58.3 Å². The molecule has 1 aliphatic heterocycles. The molecular formula is C22H41N2O5+.